The standard InChI is InChI=1S/C14H18F3NO2/c1-3-4-9-13(19)18(2)10-11-7-5-6-8-12(11)20-14(15,16)17/h5-8H,3-4,9-10H2,1-2H3. The lowest BCUT2D eigenvalue weighted by atomic mass is 10.1. The fourth-order valence-electron chi connectivity index (χ4n) is 1.72. The highest BCUT2D eigenvalue weighted by atomic mass is 19.4. The number of para-hydroxylation sites is 1. The van der Waals surface area contributed by atoms with E-state index in [-0.39, 0.29) is 18.2 Å². The normalized spacial score (nSPS) is 11.2. The van der Waals surface area contributed by atoms with E-state index in [2.05, 4.69) is 4.74 Å². The number of benzene rings is 1. The number of carbonyl (C=O) groups excluding carboxylic acids is 1. The first-order chi connectivity index (χ1) is 9.33. The molecule has 20 heavy (non-hydrogen) atoms. The predicted molar refractivity (Wildman–Crippen MR) is 69.1 cm³/mol. The van der Waals surface area contributed by atoms with E-state index in [0.29, 0.717) is 12.0 Å². The van der Waals surface area contributed by atoms with Crippen LogP contribution in [0.2, 0.25) is 0 Å². The van der Waals surface area contributed by atoms with Crippen molar-refractivity contribution < 1.29 is 22.7 Å². The van der Waals surface area contributed by atoms with Crippen molar-refractivity contribution in [3.8, 4) is 5.75 Å². The molecule has 0 aliphatic heterocycles. The summed E-state index contributed by atoms with van der Waals surface area (Å²) < 4.78 is 40.8. The van der Waals surface area contributed by atoms with Gasteiger partial charge in [-0.2, -0.15) is 0 Å². The molecule has 6 heteroatoms. The number of rotatable bonds is 6. The summed E-state index contributed by atoms with van der Waals surface area (Å²) in [5.41, 5.74) is 0.331. The molecular weight excluding hydrogens is 271 g/mol. The zero-order valence-corrected chi connectivity index (χ0v) is 11.5. The van der Waals surface area contributed by atoms with E-state index in [1.54, 1.807) is 13.1 Å². The summed E-state index contributed by atoms with van der Waals surface area (Å²) in [6, 6.07) is 5.84. The zero-order valence-electron chi connectivity index (χ0n) is 11.5. The van der Waals surface area contributed by atoms with E-state index in [0.717, 1.165) is 12.8 Å². The monoisotopic (exact) mass is 289 g/mol. The molecule has 1 amide bonds. The van der Waals surface area contributed by atoms with E-state index in [9.17, 15) is 18.0 Å². The van der Waals surface area contributed by atoms with Gasteiger partial charge < -0.3 is 9.64 Å². The van der Waals surface area contributed by atoms with Crippen LogP contribution < -0.4 is 4.74 Å². The first kappa shape index (κ1) is 16.3. The molecule has 0 saturated heterocycles. The molecule has 1 rings (SSSR count). The topological polar surface area (TPSA) is 29.5 Å². The van der Waals surface area contributed by atoms with E-state index in [1.165, 1.54) is 23.1 Å². The fourth-order valence-corrected chi connectivity index (χ4v) is 1.72. The Hall–Kier alpha value is -1.72. The largest absolute Gasteiger partial charge is 0.573 e. The summed E-state index contributed by atoms with van der Waals surface area (Å²) in [6.45, 7) is 2.06. The van der Waals surface area contributed by atoms with Gasteiger partial charge in [-0.15, -0.1) is 13.2 Å². The number of alkyl halides is 3. The van der Waals surface area contributed by atoms with Crippen LogP contribution in [0.5, 0.6) is 5.75 Å². The lowest BCUT2D eigenvalue weighted by Crippen LogP contribution is -2.26. The van der Waals surface area contributed by atoms with Crippen molar-refractivity contribution in [1.29, 1.82) is 0 Å². The van der Waals surface area contributed by atoms with Gasteiger partial charge in [0.05, 0.1) is 0 Å². The molecule has 3 nitrogen and oxygen atoms in total. The summed E-state index contributed by atoms with van der Waals surface area (Å²) >= 11 is 0. The fraction of sp³-hybridized carbons (Fsp3) is 0.500. The van der Waals surface area contributed by atoms with Crippen LogP contribution >= 0.6 is 0 Å². The van der Waals surface area contributed by atoms with Gasteiger partial charge in [-0.3, -0.25) is 4.79 Å². The molecule has 112 valence electrons. The SMILES string of the molecule is CCCCC(=O)N(C)Cc1ccccc1OC(F)(F)F. The van der Waals surface area contributed by atoms with Crippen LogP contribution in [-0.2, 0) is 11.3 Å². The minimum Gasteiger partial charge on any atom is -0.405 e. The Kier molecular flexibility index (Phi) is 5.85. The Labute approximate surface area is 116 Å². The van der Waals surface area contributed by atoms with Crippen molar-refractivity contribution in [2.75, 3.05) is 7.05 Å². The van der Waals surface area contributed by atoms with Crippen molar-refractivity contribution in [2.24, 2.45) is 0 Å². The van der Waals surface area contributed by atoms with Gasteiger partial charge in [0.1, 0.15) is 5.75 Å². The van der Waals surface area contributed by atoms with Gasteiger partial charge in [0, 0.05) is 25.6 Å². The van der Waals surface area contributed by atoms with Gasteiger partial charge in [0.25, 0.3) is 0 Å². The minimum absolute atomic E-state index is 0.0892. The summed E-state index contributed by atoms with van der Waals surface area (Å²) in [5.74, 6) is -0.358. The second-order valence-electron chi connectivity index (χ2n) is 4.51. The van der Waals surface area contributed by atoms with Gasteiger partial charge in [-0.1, -0.05) is 31.5 Å². The van der Waals surface area contributed by atoms with Crippen molar-refractivity contribution in [3.63, 3.8) is 0 Å². The van der Waals surface area contributed by atoms with Crippen molar-refractivity contribution in [3.05, 3.63) is 29.8 Å². The predicted octanol–water partition coefficient (Wildman–Crippen LogP) is 3.73. The van der Waals surface area contributed by atoms with E-state index in [1.807, 2.05) is 6.92 Å². The van der Waals surface area contributed by atoms with E-state index in [4.69, 9.17) is 0 Å². The van der Waals surface area contributed by atoms with Crippen LogP contribution in [0.1, 0.15) is 31.7 Å². The maximum atomic E-state index is 12.3. The lowest BCUT2D eigenvalue weighted by Gasteiger charge is -2.19. The lowest BCUT2D eigenvalue weighted by molar-refractivity contribution is -0.275. The molecule has 0 spiro atoms. The third kappa shape index (κ3) is 5.50. The van der Waals surface area contributed by atoms with Crippen LogP contribution in [0.15, 0.2) is 24.3 Å². The molecule has 0 saturated carbocycles. The number of carbonyl (C=O) groups is 1. The molecule has 0 aliphatic rings. The average molecular weight is 289 g/mol. The number of nitrogens with zero attached hydrogens (tertiary/aromatic N) is 1. The second kappa shape index (κ2) is 7.17. The number of halogens is 3. The first-order valence-corrected chi connectivity index (χ1v) is 6.41. The smallest absolute Gasteiger partial charge is 0.405 e. The quantitative estimate of drug-likeness (QED) is 0.798. The number of amides is 1. The molecule has 0 N–H and O–H groups in total. The number of unbranched alkanes of at least 4 members (excludes halogenated alkanes) is 1. The minimum atomic E-state index is -4.74. The van der Waals surface area contributed by atoms with Gasteiger partial charge in [-0.05, 0) is 12.5 Å². The van der Waals surface area contributed by atoms with Crippen LogP contribution in [0, 0.1) is 0 Å². The highest BCUT2D eigenvalue weighted by Crippen LogP contribution is 2.27. The molecule has 0 atom stereocenters. The molecule has 0 bridgehead atoms. The van der Waals surface area contributed by atoms with Gasteiger partial charge in [0.2, 0.25) is 5.91 Å². The Morgan fingerprint density at radius 3 is 2.55 bits per heavy atom. The van der Waals surface area contributed by atoms with Crippen LogP contribution in [0.25, 0.3) is 0 Å². The number of ether oxygens (including phenoxy) is 1. The van der Waals surface area contributed by atoms with Crippen LogP contribution in [0.4, 0.5) is 13.2 Å². The molecule has 0 aromatic heterocycles. The molecule has 0 fully saturated rings. The van der Waals surface area contributed by atoms with Crippen molar-refractivity contribution >= 4 is 5.91 Å². The maximum Gasteiger partial charge on any atom is 0.573 e. The Morgan fingerprint density at radius 1 is 1.30 bits per heavy atom. The average Bonchev–Trinajstić information content (AvgIpc) is 2.36. The summed E-state index contributed by atoms with van der Waals surface area (Å²) in [5, 5.41) is 0. The molecule has 0 aliphatic carbocycles. The Morgan fingerprint density at radius 2 is 1.95 bits per heavy atom. The van der Waals surface area contributed by atoms with E-state index >= 15 is 0 Å². The molecule has 1 aromatic carbocycles. The van der Waals surface area contributed by atoms with Crippen LogP contribution in [0.3, 0.4) is 0 Å². The summed E-state index contributed by atoms with van der Waals surface area (Å²) in [7, 11) is 1.57. The Bertz CT molecular complexity index is 446. The number of hydrogen-bond donors (Lipinski definition) is 0. The number of hydrogen-bond acceptors (Lipinski definition) is 2. The zero-order chi connectivity index (χ0) is 15.2. The van der Waals surface area contributed by atoms with E-state index < -0.39 is 6.36 Å². The molecule has 0 heterocycles. The Balaban J connectivity index is 2.74. The van der Waals surface area contributed by atoms with Crippen molar-refractivity contribution in [2.45, 2.75) is 39.1 Å². The van der Waals surface area contributed by atoms with Crippen molar-refractivity contribution in [1.82, 2.24) is 4.90 Å². The molecule has 1 aromatic rings. The van der Waals surface area contributed by atoms with Gasteiger partial charge >= 0.3 is 6.36 Å². The first-order valence-electron chi connectivity index (χ1n) is 6.41. The maximum absolute atomic E-state index is 12.3. The third-order valence-corrected chi connectivity index (χ3v) is 2.78. The van der Waals surface area contributed by atoms with Gasteiger partial charge in [-0.25, -0.2) is 0 Å². The summed E-state index contributed by atoms with van der Waals surface area (Å²) in [4.78, 5) is 13.2. The highest BCUT2D eigenvalue weighted by molar-refractivity contribution is 5.75. The highest BCUT2D eigenvalue weighted by Gasteiger charge is 2.32. The van der Waals surface area contributed by atoms with Crippen LogP contribution in [-0.4, -0.2) is 24.2 Å². The second-order valence-corrected chi connectivity index (χ2v) is 4.51. The molecule has 0 radical (unpaired) electrons. The van der Waals surface area contributed by atoms with Gasteiger partial charge in [0.15, 0.2) is 0 Å². The summed E-state index contributed by atoms with van der Waals surface area (Å²) in [6.07, 6.45) is -2.67. The molecule has 0 unspecified atom stereocenters. The molecular formula is C14H18F3NO2. The third-order valence-electron chi connectivity index (χ3n) is 2.78.